The normalized spacial score (nSPS) is 26.9. The summed E-state index contributed by atoms with van der Waals surface area (Å²) in [5.74, 6) is 2.47. The number of ether oxygens (including phenoxy) is 2. The number of methoxy groups -OCH3 is 2. The molecule has 3 aromatic carbocycles. The minimum Gasteiger partial charge on any atom is -0.508 e. The first-order chi connectivity index (χ1) is 19.0. The smallest absolute Gasteiger partial charge is 0.163 e. The lowest BCUT2D eigenvalue weighted by atomic mass is 9.68. The zero-order valence-corrected chi connectivity index (χ0v) is 22.4. The van der Waals surface area contributed by atoms with Crippen molar-refractivity contribution in [3.05, 3.63) is 101 Å². The summed E-state index contributed by atoms with van der Waals surface area (Å²) >= 11 is 0. The van der Waals surface area contributed by atoms with Crippen molar-refractivity contribution in [3.8, 4) is 17.2 Å². The van der Waals surface area contributed by atoms with Gasteiger partial charge in [0.2, 0.25) is 0 Å². The summed E-state index contributed by atoms with van der Waals surface area (Å²) in [6, 6.07) is 20.5. The first kappa shape index (κ1) is 24.2. The van der Waals surface area contributed by atoms with Gasteiger partial charge in [-0.25, -0.2) is 0 Å². The monoisotopic (exact) mass is 519 g/mol. The van der Waals surface area contributed by atoms with E-state index >= 15 is 0 Å². The van der Waals surface area contributed by atoms with Crippen molar-refractivity contribution in [2.45, 2.75) is 37.1 Å². The Morgan fingerprint density at radius 2 is 1.85 bits per heavy atom. The number of hydrogen-bond donors (Lipinski definition) is 1. The minimum absolute atomic E-state index is 0.186. The van der Waals surface area contributed by atoms with Crippen molar-refractivity contribution in [2.24, 2.45) is 5.92 Å². The highest BCUT2D eigenvalue weighted by Gasteiger charge is 2.53. The third kappa shape index (κ3) is 3.67. The van der Waals surface area contributed by atoms with Gasteiger partial charge in [-0.05, 0) is 96.0 Å². The highest BCUT2D eigenvalue weighted by Crippen LogP contribution is 2.55. The van der Waals surface area contributed by atoms with E-state index in [1.54, 1.807) is 20.3 Å². The van der Waals surface area contributed by atoms with Crippen LogP contribution in [0.4, 0.5) is 0 Å². The number of carbonyl (C=O) groups excluding carboxylic acids is 1. The molecule has 5 heteroatoms. The van der Waals surface area contributed by atoms with Crippen LogP contribution in [0.2, 0.25) is 0 Å². The van der Waals surface area contributed by atoms with Gasteiger partial charge in [-0.15, -0.1) is 0 Å². The average molecular weight is 520 g/mol. The van der Waals surface area contributed by atoms with Crippen molar-refractivity contribution in [1.29, 1.82) is 0 Å². The highest BCUT2D eigenvalue weighted by atomic mass is 16.5. The molecule has 3 aliphatic heterocycles. The molecule has 0 radical (unpaired) electrons. The van der Waals surface area contributed by atoms with E-state index in [9.17, 15) is 9.90 Å². The lowest BCUT2D eigenvalue weighted by Gasteiger charge is -2.46. The number of ketones is 1. The largest absolute Gasteiger partial charge is 0.508 e. The van der Waals surface area contributed by atoms with Gasteiger partial charge in [0.1, 0.15) is 17.2 Å². The highest BCUT2D eigenvalue weighted by molar-refractivity contribution is 6.22. The molecule has 4 bridgehead atoms. The molecule has 0 saturated heterocycles. The predicted molar refractivity (Wildman–Crippen MR) is 152 cm³/mol. The Kier molecular flexibility index (Phi) is 5.67. The second-order valence-electron chi connectivity index (χ2n) is 11.3. The van der Waals surface area contributed by atoms with Crippen LogP contribution in [0.3, 0.4) is 0 Å². The minimum atomic E-state index is -0.488. The van der Waals surface area contributed by atoms with Crippen LogP contribution in [0.1, 0.15) is 47.1 Å². The Bertz CT molecular complexity index is 1550. The standard InChI is InChI=1S/C34H33NO4/c1-38-26-7-4-6-24(17-26)34-19-23-20-35(32(34)16-22-5-3-8-31(39-2)33(22)34)14-13-21-9-11-28(30(37)15-21)27-12-10-25(36)18-29(23)27/h3-8,10-12,17-19,21,32,36H,9,13-16,20H2,1-2H3/t21-,32+,34-/m1/s1. The lowest BCUT2D eigenvalue weighted by Crippen LogP contribution is -2.52. The van der Waals surface area contributed by atoms with Crippen molar-refractivity contribution in [1.82, 2.24) is 4.90 Å². The van der Waals surface area contributed by atoms with Crippen molar-refractivity contribution in [3.63, 3.8) is 0 Å². The van der Waals surface area contributed by atoms with Gasteiger partial charge in [0, 0.05) is 30.1 Å². The van der Waals surface area contributed by atoms with Gasteiger partial charge < -0.3 is 14.6 Å². The van der Waals surface area contributed by atoms with Crippen molar-refractivity contribution >= 4 is 16.9 Å². The van der Waals surface area contributed by atoms with Crippen LogP contribution in [0, 0.1) is 5.92 Å². The maximum absolute atomic E-state index is 13.3. The van der Waals surface area contributed by atoms with Gasteiger partial charge >= 0.3 is 0 Å². The number of allylic oxidation sites excluding steroid dienone is 2. The number of Topliss-reactive ketones (excluding diaryl/α,β-unsaturated/α-hetero) is 1. The second-order valence-corrected chi connectivity index (χ2v) is 11.3. The van der Waals surface area contributed by atoms with Gasteiger partial charge in [0.25, 0.3) is 0 Å². The second kappa shape index (κ2) is 9.13. The Balaban J connectivity index is 1.56. The lowest BCUT2D eigenvalue weighted by molar-refractivity contribution is -0.115. The van der Waals surface area contributed by atoms with Crippen molar-refractivity contribution < 1.29 is 19.4 Å². The number of rotatable bonds is 3. The summed E-state index contributed by atoms with van der Waals surface area (Å²) in [5, 5.41) is 10.7. The summed E-state index contributed by atoms with van der Waals surface area (Å²) in [6.07, 6.45) is 7.92. The first-order valence-electron chi connectivity index (χ1n) is 13.9. The van der Waals surface area contributed by atoms with E-state index in [1.165, 1.54) is 11.1 Å². The molecule has 5 nitrogen and oxygen atoms in total. The first-order valence-corrected chi connectivity index (χ1v) is 13.9. The summed E-state index contributed by atoms with van der Waals surface area (Å²) in [7, 11) is 3.46. The van der Waals surface area contributed by atoms with Crippen LogP contribution < -0.4 is 9.47 Å². The number of benzene rings is 3. The zero-order chi connectivity index (χ0) is 26.7. The topological polar surface area (TPSA) is 59.0 Å². The molecule has 2 aliphatic carbocycles. The maximum Gasteiger partial charge on any atom is 0.163 e. The van der Waals surface area contributed by atoms with Crippen LogP contribution in [0.5, 0.6) is 17.2 Å². The fourth-order valence-corrected chi connectivity index (χ4v) is 7.57. The average Bonchev–Trinajstić information content (AvgIpc) is 3.30. The third-order valence-electron chi connectivity index (χ3n) is 9.34. The molecule has 0 amide bonds. The number of nitrogens with zero attached hydrogens (tertiary/aromatic N) is 1. The van der Waals surface area contributed by atoms with Gasteiger partial charge in [0.15, 0.2) is 5.78 Å². The van der Waals surface area contributed by atoms with E-state index in [0.29, 0.717) is 12.3 Å². The third-order valence-corrected chi connectivity index (χ3v) is 9.34. The number of hydrogen-bond acceptors (Lipinski definition) is 5. The molecule has 5 aliphatic rings. The summed E-state index contributed by atoms with van der Waals surface area (Å²) in [5.41, 5.74) is 6.93. The Hall–Kier alpha value is -3.83. The quantitative estimate of drug-likeness (QED) is 0.475. The van der Waals surface area contributed by atoms with E-state index < -0.39 is 5.41 Å². The maximum atomic E-state index is 13.3. The van der Waals surface area contributed by atoms with E-state index in [2.05, 4.69) is 53.5 Å². The van der Waals surface area contributed by atoms with Crippen LogP contribution in [0.15, 0.2) is 72.8 Å². The Labute approximate surface area is 229 Å². The number of aromatic hydroxyl groups is 1. The number of phenolic OH excluding ortho intramolecular Hbond substituents is 1. The van der Waals surface area contributed by atoms with Crippen LogP contribution in [0.25, 0.3) is 11.1 Å². The van der Waals surface area contributed by atoms with Gasteiger partial charge in [-0.2, -0.15) is 0 Å². The molecule has 39 heavy (non-hydrogen) atoms. The fraction of sp³-hybridized carbons (Fsp3) is 0.324. The van der Waals surface area contributed by atoms with Gasteiger partial charge in [-0.3, -0.25) is 9.69 Å². The molecular formula is C34H33NO4. The summed E-state index contributed by atoms with van der Waals surface area (Å²) in [6.45, 7) is 1.66. The Morgan fingerprint density at radius 1 is 0.974 bits per heavy atom. The van der Waals surface area contributed by atoms with Crippen LogP contribution in [-0.2, 0) is 16.6 Å². The number of carbonyl (C=O) groups is 1. The van der Waals surface area contributed by atoms with Gasteiger partial charge in [-0.1, -0.05) is 36.4 Å². The van der Waals surface area contributed by atoms with E-state index in [0.717, 1.165) is 71.7 Å². The van der Waals surface area contributed by atoms with E-state index in [-0.39, 0.29) is 17.6 Å². The molecule has 0 aromatic heterocycles. The van der Waals surface area contributed by atoms with Gasteiger partial charge in [0.05, 0.1) is 19.6 Å². The summed E-state index contributed by atoms with van der Waals surface area (Å²) in [4.78, 5) is 16.0. The SMILES string of the molecule is COc1cccc([C@]23C=C4CN(CC[C@H]5CC=C(C(=O)C5)c5ccc(O)cc54)[C@H]2Cc2cccc(OC)c23)c1. The van der Waals surface area contributed by atoms with E-state index in [1.807, 2.05) is 18.2 Å². The number of phenols is 1. The molecule has 0 saturated carbocycles. The zero-order valence-electron chi connectivity index (χ0n) is 22.4. The Morgan fingerprint density at radius 3 is 2.67 bits per heavy atom. The summed E-state index contributed by atoms with van der Waals surface area (Å²) < 4.78 is 11.7. The molecule has 0 fully saturated rings. The fourth-order valence-electron chi connectivity index (χ4n) is 7.57. The van der Waals surface area contributed by atoms with Crippen LogP contribution >= 0.6 is 0 Å². The molecule has 4 atom stereocenters. The molecule has 3 aromatic rings. The molecule has 0 spiro atoms. The van der Waals surface area contributed by atoms with E-state index in [4.69, 9.17) is 9.47 Å². The molecule has 3 heterocycles. The predicted octanol–water partition coefficient (Wildman–Crippen LogP) is 5.79. The number of fused-ring (bicyclic) bond motifs is 6. The molecule has 8 rings (SSSR count). The molecule has 198 valence electrons. The van der Waals surface area contributed by atoms with Crippen LogP contribution in [-0.4, -0.2) is 49.1 Å². The molecule has 1 unspecified atom stereocenters. The van der Waals surface area contributed by atoms with Crippen molar-refractivity contribution in [2.75, 3.05) is 27.3 Å². The molecular weight excluding hydrogens is 486 g/mol. The molecule has 1 N–H and O–H groups in total.